The summed E-state index contributed by atoms with van der Waals surface area (Å²) in [6.45, 7) is 37.9. The molecule has 2 atom stereocenters. The molecule has 2 unspecified atom stereocenters. The molecule has 9 aromatic carbocycles. The van der Waals surface area contributed by atoms with E-state index in [-0.39, 0.29) is 123 Å². The minimum Gasteiger partial charge on any atom is -0.492 e. The monoisotopic (exact) mass is 2060 g/mol. The van der Waals surface area contributed by atoms with Crippen LogP contribution in [0.3, 0.4) is 0 Å². The number of benzene rings is 9. The summed E-state index contributed by atoms with van der Waals surface area (Å²) in [6, 6.07) is 58.7. The highest BCUT2D eigenvalue weighted by Gasteiger charge is 2.20. The number of esters is 10. The average molecular weight is 2060 g/mol. The molecule has 0 fully saturated rings. The first kappa shape index (κ1) is 123. The van der Waals surface area contributed by atoms with Crippen molar-refractivity contribution in [3.63, 3.8) is 0 Å². The lowest BCUT2D eigenvalue weighted by molar-refractivity contribution is -0.149. The number of rotatable bonds is 70. The summed E-state index contributed by atoms with van der Waals surface area (Å²) in [7, 11) is 0. The Morgan fingerprint density at radius 2 is 0.530 bits per heavy atom. The van der Waals surface area contributed by atoms with E-state index in [1.54, 1.807) is 104 Å². The molecule has 0 bridgehead atoms. The second-order valence-corrected chi connectivity index (χ2v) is 32.2. The Kier molecular flexibility index (Phi) is 62.7. The number of unbranched alkanes of at least 4 members (excludes halogenated alkanes) is 5. The Bertz CT molecular complexity index is 5450. The molecule has 33 heteroatoms. The lowest BCUT2D eigenvalue weighted by Crippen LogP contribution is -2.17. The Balaban J connectivity index is 0.000000344. The molecule has 0 heterocycles. The largest absolute Gasteiger partial charge is 0.492 e. The van der Waals surface area contributed by atoms with Crippen molar-refractivity contribution in [1.82, 2.24) is 0 Å². The molecule has 9 aromatic rings. The number of fused-ring (bicyclic) bond motifs is 1. The van der Waals surface area contributed by atoms with Crippen LogP contribution < -0.4 is 33.2 Å². The standard InChI is InChI=1S/C46H48O14.C40H46O14.C17H20O3.C13H26O2/c1-4-34(3)55-30-26-51-22-23-52-27-31-56-40-16-12-38(13-17-40)45(49)60-42-20-14-39(15-21-42)46(50)59-41-18-10-36(11-19-41)35-6-8-37(9-7-35)44(48)58-33-29-54-25-24-53-28-32-57-43(47)5-2;1-4-30(3)49-26-22-45-18-19-46-23-27-50-34-12-6-32(7-13-34)39(43)54-36-16-10-33(11-17-36)40(44)53-35-14-8-31(9-15-35)38(42)52-29-25-48-21-20-47-24-28-51-37(41)5-2;1-3-13(2)17(18)20-11-10-19-16-9-8-14-6-4-5-7-15(14)12-16;1-4-6-7-8-9-10-11-15-13(14)12(3)5-2/h4-21H,1-3,22-33H2;4,6-17H,1,3,5,18-29H2,2H3;4-9,12-13H,3,10-11H2,1-2H3;12H,4-11H2,1-3H3. The van der Waals surface area contributed by atoms with Crippen LogP contribution in [0.5, 0.6) is 40.2 Å². The number of ether oxygens (including phenoxy) is 23. The van der Waals surface area contributed by atoms with Crippen molar-refractivity contribution in [2.45, 2.75) is 99.3 Å². The SMILES string of the molecule is C=CC(=C)OCCOCCOCCOc1ccc(C(=O)Oc2ccc(C(=O)Oc3ccc(-c4ccc(C(=O)OCCOCCOCCOC(=O)C=C)cc4)cc3)cc2)cc1.C=CC(=C)OCCOCCOCCOc1ccc(C(=O)Oc2ccc(C(=O)Oc3ccc(C(=O)OCCOCCOCCOC(=O)CC)cc3)cc2)cc1.CCC(C)C(=O)OCCOc1ccc2ccccc2c1.CCCCCCCCOC(=O)C(C)CC. The van der Waals surface area contributed by atoms with Crippen LogP contribution in [0.2, 0.25) is 0 Å². The van der Waals surface area contributed by atoms with Crippen molar-refractivity contribution in [3.8, 4) is 51.4 Å². The second kappa shape index (κ2) is 75.9. The van der Waals surface area contributed by atoms with Crippen LogP contribution in [0.25, 0.3) is 21.9 Å². The van der Waals surface area contributed by atoms with Gasteiger partial charge in [0.15, 0.2) is 0 Å². The summed E-state index contributed by atoms with van der Waals surface area (Å²) in [5, 5.41) is 2.32. The average Bonchev–Trinajstić information content (AvgIpc) is 0.840. The molecule has 0 amide bonds. The van der Waals surface area contributed by atoms with E-state index in [0.717, 1.165) is 47.6 Å². The van der Waals surface area contributed by atoms with Crippen LogP contribution in [0, 0.1) is 11.8 Å². The van der Waals surface area contributed by atoms with E-state index in [2.05, 4.69) is 45.9 Å². The molecule has 0 aromatic heterocycles. The molecular weight excluding hydrogens is 1920 g/mol. The van der Waals surface area contributed by atoms with Gasteiger partial charge in [0.05, 0.1) is 158 Å². The predicted octanol–water partition coefficient (Wildman–Crippen LogP) is 20.0. The van der Waals surface area contributed by atoms with Crippen LogP contribution in [0.1, 0.15) is 161 Å². The maximum Gasteiger partial charge on any atom is 0.343 e. The molecule has 0 saturated carbocycles. The highest BCUT2D eigenvalue weighted by molar-refractivity contribution is 5.95. The fourth-order valence-corrected chi connectivity index (χ4v) is 12.2. The maximum absolute atomic E-state index is 12.8. The number of hydrogen-bond donors (Lipinski definition) is 0. The highest BCUT2D eigenvalue weighted by atomic mass is 16.6. The van der Waals surface area contributed by atoms with Gasteiger partial charge < -0.3 is 109 Å². The van der Waals surface area contributed by atoms with Gasteiger partial charge in [-0.2, -0.15) is 0 Å². The van der Waals surface area contributed by atoms with Crippen molar-refractivity contribution >= 4 is 70.5 Å². The van der Waals surface area contributed by atoms with Crippen LogP contribution >= 0.6 is 0 Å². The summed E-state index contributed by atoms with van der Waals surface area (Å²) in [4.78, 5) is 120. The minimum atomic E-state index is -0.641. The number of hydrogen-bond acceptors (Lipinski definition) is 33. The molecule has 802 valence electrons. The lowest BCUT2D eigenvalue weighted by atomic mass is 10.0. The molecule has 9 rings (SSSR count). The topological polar surface area (TPSA) is 383 Å². The zero-order chi connectivity index (χ0) is 107. The third kappa shape index (κ3) is 53.5. The van der Waals surface area contributed by atoms with Gasteiger partial charge in [-0.1, -0.05) is 161 Å². The molecule has 33 nitrogen and oxygen atoms in total. The normalized spacial score (nSPS) is 10.9. The number of carbonyl (C=O) groups excluding carboxylic acids is 10. The first-order valence-corrected chi connectivity index (χ1v) is 49.6. The van der Waals surface area contributed by atoms with Crippen LogP contribution in [0.4, 0.5) is 0 Å². The first-order chi connectivity index (χ1) is 72.5. The van der Waals surface area contributed by atoms with Crippen molar-refractivity contribution in [1.29, 1.82) is 0 Å². The summed E-state index contributed by atoms with van der Waals surface area (Å²) in [6.07, 6.45) is 13.5. The number of carbonyl (C=O) groups is 10. The van der Waals surface area contributed by atoms with E-state index >= 15 is 0 Å². The van der Waals surface area contributed by atoms with E-state index in [9.17, 15) is 47.9 Å². The van der Waals surface area contributed by atoms with E-state index in [0.29, 0.717) is 171 Å². The molecule has 0 aliphatic heterocycles. The van der Waals surface area contributed by atoms with E-state index in [1.165, 1.54) is 122 Å². The van der Waals surface area contributed by atoms with Gasteiger partial charge in [0.2, 0.25) is 0 Å². The Labute approximate surface area is 872 Å². The van der Waals surface area contributed by atoms with E-state index in [4.69, 9.17) is 109 Å². The molecule has 0 aliphatic carbocycles. The van der Waals surface area contributed by atoms with Gasteiger partial charge in [0.1, 0.15) is 118 Å². The third-order valence-electron chi connectivity index (χ3n) is 21.0. The Hall–Kier alpha value is -14.7. The van der Waals surface area contributed by atoms with Gasteiger partial charge in [0.25, 0.3) is 0 Å². The fraction of sp³-hybridized carbons (Fsp3) is 0.379. The quantitative estimate of drug-likeness (QED) is 0.00650. The van der Waals surface area contributed by atoms with Crippen molar-refractivity contribution in [2.24, 2.45) is 11.8 Å². The first-order valence-electron chi connectivity index (χ1n) is 49.6. The molecule has 0 radical (unpaired) electrons. The Morgan fingerprint density at radius 1 is 0.255 bits per heavy atom. The molecule has 0 aliphatic rings. The molecular formula is C116H140O33. The highest BCUT2D eigenvalue weighted by Crippen LogP contribution is 2.28. The van der Waals surface area contributed by atoms with Gasteiger partial charge in [0, 0.05) is 12.5 Å². The summed E-state index contributed by atoms with van der Waals surface area (Å²) < 4.78 is 123. The van der Waals surface area contributed by atoms with Crippen molar-refractivity contribution in [3.05, 3.63) is 308 Å². The van der Waals surface area contributed by atoms with Gasteiger partial charge in [-0.05, 0) is 211 Å². The van der Waals surface area contributed by atoms with Crippen molar-refractivity contribution in [2.75, 3.05) is 178 Å². The maximum atomic E-state index is 12.8. The molecule has 0 N–H and O–H groups in total. The summed E-state index contributed by atoms with van der Waals surface area (Å²) in [5.74, 6) is -0.415. The minimum absolute atomic E-state index is 0.0361. The molecule has 0 spiro atoms. The predicted molar refractivity (Wildman–Crippen MR) is 559 cm³/mol. The Morgan fingerprint density at radius 3 is 0.893 bits per heavy atom. The van der Waals surface area contributed by atoms with Gasteiger partial charge in [-0.3, -0.25) is 14.4 Å². The van der Waals surface area contributed by atoms with Gasteiger partial charge in [-0.15, -0.1) is 0 Å². The third-order valence-corrected chi connectivity index (χ3v) is 21.0. The fourth-order valence-electron chi connectivity index (χ4n) is 12.2. The van der Waals surface area contributed by atoms with E-state index in [1.807, 2.05) is 64.1 Å². The van der Waals surface area contributed by atoms with Gasteiger partial charge in [-0.25, -0.2) is 33.6 Å². The van der Waals surface area contributed by atoms with Crippen molar-refractivity contribution < 1.29 is 157 Å². The molecule has 149 heavy (non-hydrogen) atoms. The van der Waals surface area contributed by atoms with Crippen LogP contribution in [-0.4, -0.2) is 238 Å². The number of allylic oxidation sites excluding steroid dienone is 2. The zero-order valence-corrected chi connectivity index (χ0v) is 86.1. The summed E-state index contributed by atoms with van der Waals surface area (Å²) >= 11 is 0. The van der Waals surface area contributed by atoms with E-state index < -0.39 is 41.8 Å². The smallest absolute Gasteiger partial charge is 0.343 e. The van der Waals surface area contributed by atoms with Crippen LogP contribution in [0.15, 0.2) is 275 Å². The van der Waals surface area contributed by atoms with Crippen LogP contribution in [-0.2, 0) is 95.0 Å². The zero-order valence-electron chi connectivity index (χ0n) is 86.1. The van der Waals surface area contributed by atoms with Gasteiger partial charge >= 0.3 is 59.7 Å². The second-order valence-electron chi connectivity index (χ2n) is 32.2. The molecule has 0 saturated heterocycles. The summed E-state index contributed by atoms with van der Waals surface area (Å²) in [5.41, 5.74) is 3.46. The lowest BCUT2D eigenvalue weighted by Gasteiger charge is -2.10.